The van der Waals surface area contributed by atoms with E-state index >= 15 is 0 Å². The molecule has 1 N–H and O–H groups in total. The number of carbonyl (C=O) groups is 1. The van der Waals surface area contributed by atoms with Gasteiger partial charge >= 0.3 is 0 Å². The summed E-state index contributed by atoms with van der Waals surface area (Å²) in [5.74, 6) is 0.720. The SMILES string of the molecule is C[C@@H]1CN(c2ccc(C(=O)N[C@H](C)c3ccccn3)cn2)C[C@@H](C)O1. The molecule has 6 heteroatoms. The number of rotatable bonds is 4. The van der Waals surface area contributed by atoms with E-state index in [2.05, 4.69) is 34.0 Å². The maximum absolute atomic E-state index is 12.4. The van der Waals surface area contributed by atoms with Crippen LogP contribution in [0.25, 0.3) is 0 Å². The van der Waals surface area contributed by atoms with Gasteiger partial charge in [0.15, 0.2) is 0 Å². The van der Waals surface area contributed by atoms with Gasteiger partial charge in [-0.2, -0.15) is 0 Å². The molecule has 1 saturated heterocycles. The van der Waals surface area contributed by atoms with Crippen LogP contribution in [0, 0.1) is 0 Å². The highest BCUT2D eigenvalue weighted by molar-refractivity contribution is 5.94. The monoisotopic (exact) mass is 340 g/mol. The van der Waals surface area contributed by atoms with Crippen molar-refractivity contribution >= 4 is 11.7 Å². The van der Waals surface area contributed by atoms with Crippen molar-refractivity contribution in [3.05, 3.63) is 54.0 Å². The van der Waals surface area contributed by atoms with Crippen molar-refractivity contribution in [2.24, 2.45) is 0 Å². The number of morpholine rings is 1. The van der Waals surface area contributed by atoms with Gasteiger partial charge in [0, 0.05) is 25.5 Å². The average Bonchev–Trinajstić information content (AvgIpc) is 2.61. The van der Waals surface area contributed by atoms with Crippen LogP contribution in [0.1, 0.15) is 42.9 Å². The van der Waals surface area contributed by atoms with Crippen molar-refractivity contribution in [2.75, 3.05) is 18.0 Å². The Labute approximate surface area is 148 Å². The normalized spacial score (nSPS) is 21.6. The minimum Gasteiger partial charge on any atom is -0.372 e. The Bertz CT molecular complexity index is 695. The summed E-state index contributed by atoms with van der Waals surface area (Å²) >= 11 is 0. The van der Waals surface area contributed by atoms with Crippen LogP contribution in [-0.4, -0.2) is 41.2 Å². The van der Waals surface area contributed by atoms with Gasteiger partial charge in [0.1, 0.15) is 5.82 Å². The number of anilines is 1. The van der Waals surface area contributed by atoms with Crippen molar-refractivity contribution < 1.29 is 9.53 Å². The molecule has 3 rings (SSSR count). The molecule has 2 aromatic rings. The van der Waals surface area contributed by atoms with E-state index in [1.165, 1.54) is 0 Å². The first kappa shape index (κ1) is 17.4. The first-order valence-electron chi connectivity index (χ1n) is 8.61. The zero-order valence-corrected chi connectivity index (χ0v) is 14.8. The van der Waals surface area contributed by atoms with Crippen molar-refractivity contribution in [3.8, 4) is 0 Å². The van der Waals surface area contributed by atoms with Gasteiger partial charge in [0.2, 0.25) is 0 Å². The summed E-state index contributed by atoms with van der Waals surface area (Å²) in [6.07, 6.45) is 3.69. The van der Waals surface area contributed by atoms with Crippen LogP contribution >= 0.6 is 0 Å². The molecule has 3 atom stereocenters. The fraction of sp³-hybridized carbons (Fsp3) is 0.421. The van der Waals surface area contributed by atoms with Gasteiger partial charge < -0.3 is 15.0 Å². The van der Waals surface area contributed by atoms with Gasteiger partial charge in [-0.05, 0) is 45.0 Å². The highest BCUT2D eigenvalue weighted by Gasteiger charge is 2.23. The predicted molar refractivity (Wildman–Crippen MR) is 96.6 cm³/mol. The standard InChI is InChI=1S/C19H24N4O2/c1-13-11-23(12-14(2)25-13)18-8-7-16(10-21-18)19(24)22-15(3)17-6-4-5-9-20-17/h4-10,13-15H,11-12H2,1-3H3,(H,22,24)/t13-,14-,15-/m1/s1. The Hall–Kier alpha value is -2.47. The van der Waals surface area contributed by atoms with Crippen LogP contribution < -0.4 is 10.2 Å². The summed E-state index contributed by atoms with van der Waals surface area (Å²) in [7, 11) is 0. The number of ether oxygens (including phenoxy) is 1. The van der Waals surface area contributed by atoms with Crippen molar-refractivity contribution in [1.82, 2.24) is 15.3 Å². The topological polar surface area (TPSA) is 67.4 Å². The van der Waals surface area contributed by atoms with Crippen LogP contribution in [0.5, 0.6) is 0 Å². The third kappa shape index (κ3) is 4.33. The molecule has 1 aliphatic heterocycles. The number of nitrogens with zero attached hydrogens (tertiary/aromatic N) is 3. The van der Waals surface area contributed by atoms with Crippen LogP contribution in [0.3, 0.4) is 0 Å². The van der Waals surface area contributed by atoms with E-state index in [1.807, 2.05) is 37.3 Å². The van der Waals surface area contributed by atoms with E-state index in [1.54, 1.807) is 12.4 Å². The molecule has 0 saturated carbocycles. The smallest absolute Gasteiger partial charge is 0.253 e. The maximum atomic E-state index is 12.4. The summed E-state index contributed by atoms with van der Waals surface area (Å²) in [4.78, 5) is 23.3. The Morgan fingerprint density at radius 2 is 1.96 bits per heavy atom. The van der Waals surface area contributed by atoms with Crippen molar-refractivity contribution in [3.63, 3.8) is 0 Å². The molecular formula is C19H24N4O2. The minimum absolute atomic E-state index is 0.152. The minimum atomic E-state index is -0.158. The van der Waals surface area contributed by atoms with E-state index in [-0.39, 0.29) is 24.2 Å². The second-order valence-electron chi connectivity index (χ2n) is 6.52. The van der Waals surface area contributed by atoms with Crippen LogP contribution in [0.2, 0.25) is 0 Å². The van der Waals surface area contributed by atoms with Crippen LogP contribution in [-0.2, 0) is 4.74 Å². The molecule has 3 heterocycles. The summed E-state index contributed by atoms with van der Waals surface area (Å²) < 4.78 is 5.75. The molecule has 6 nitrogen and oxygen atoms in total. The molecule has 0 aromatic carbocycles. The summed E-state index contributed by atoms with van der Waals surface area (Å²) in [6, 6.07) is 9.21. The molecule has 0 spiro atoms. The fourth-order valence-corrected chi connectivity index (χ4v) is 3.06. The van der Waals surface area contributed by atoms with Gasteiger partial charge in [0.25, 0.3) is 5.91 Å². The molecule has 1 fully saturated rings. The zero-order chi connectivity index (χ0) is 17.8. The highest BCUT2D eigenvalue weighted by Crippen LogP contribution is 2.18. The lowest BCUT2D eigenvalue weighted by Gasteiger charge is -2.36. The maximum Gasteiger partial charge on any atom is 0.253 e. The van der Waals surface area contributed by atoms with Gasteiger partial charge in [-0.25, -0.2) is 4.98 Å². The largest absolute Gasteiger partial charge is 0.372 e. The Balaban J connectivity index is 1.64. The summed E-state index contributed by atoms with van der Waals surface area (Å²) in [5, 5.41) is 2.95. The Morgan fingerprint density at radius 1 is 1.20 bits per heavy atom. The average molecular weight is 340 g/mol. The quantitative estimate of drug-likeness (QED) is 0.926. The molecular weight excluding hydrogens is 316 g/mol. The van der Waals surface area contributed by atoms with Gasteiger partial charge in [-0.3, -0.25) is 9.78 Å². The molecule has 0 unspecified atom stereocenters. The molecule has 1 amide bonds. The molecule has 1 aliphatic rings. The third-order valence-corrected chi connectivity index (χ3v) is 4.23. The lowest BCUT2D eigenvalue weighted by Crippen LogP contribution is -2.45. The molecule has 0 radical (unpaired) electrons. The zero-order valence-electron chi connectivity index (χ0n) is 14.8. The van der Waals surface area contributed by atoms with Crippen molar-refractivity contribution in [1.29, 1.82) is 0 Å². The molecule has 132 valence electrons. The Morgan fingerprint density at radius 3 is 2.56 bits per heavy atom. The molecule has 0 aliphatic carbocycles. The number of hydrogen-bond acceptors (Lipinski definition) is 5. The van der Waals surface area contributed by atoms with E-state index < -0.39 is 0 Å². The molecule has 2 aromatic heterocycles. The molecule has 25 heavy (non-hydrogen) atoms. The second-order valence-corrected chi connectivity index (χ2v) is 6.52. The van der Waals surface area contributed by atoms with E-state index in [4.69, 9.17) is 4.74 Å². The number of hydrogen-bond donors (Lipinski definition) is 1. The number of nitrogens with one attached hydrogen (secondary N) is 1. The first-order chi connectivity index (χ1) is 12.0. The first-order valence-corrected chi connectivity index (χ1v) is 8.61. The van der Waals surface area contributed by atoms with Crippen LogP contribution in [0.4, 0.5) is 5.82 Å². The van der Waals surface area contributed by atoms with Crippen LogP contribution in [0.15, 0.2) is 42.7 Å². The molecule has 0 bridgehead atoms. The third-order valence-electron chi connectivity index (χ3n) is 4.23. The number of pyridine rings is 2. The second kappa shape index (κ2) is 7.61. The predicted octanol–water partition coefficient (Wildman–Crippen LogP) is 2.58. The lowest BCUT2D eigenvalue weighted by molar-refractivity contribution is -0.00546. The van der Waals surface area contributed by atoms with E-state index in [0.29, 0.717) is 5.56 Å². The Kier molecular flexibility index (Phi) is 5.28. The van der Waals surface area contributed by atoms with Gasteiger partial charge in [-0.15, -0.1) is 0 Å². The number of aromatic nitrogens is 2. The van der Waals surface area contributed by atoms with Crippen molar-refractivity contribution in [2.45, 2.75) is 39.0 Å². The fourth-order valence-electron chi connectivity index (χ4n) is 3.06. The number of amides is 1. The van der Waals surface area contributed by atoms with Gasteiger partial charge in [0.05, 0.1) is 29.5 Å². The van der Waals surface area contributed by atoms with E-state index in [0.717, 1.165) is 24.6 Å². The summed E-state index contributed by atoms with van der Waals surface area (Å²) in [5.41, 5.74) is 1.37. The van der Waals surface area contributed by atoms with Gasteiger partial charge in [-0.1, -0.05) is 6.07 Å². The lowest BCUT2D eigenvalue weighted by atomic mass is 10.2. The highest BCUT2D eigenvalue weighted by atomic mass is 16.5. The number of carbonyl (C=O) groups excluding carboxylic acids is 1. The summed E-state index contributed by atoms with van der Waals surface area (Å²) in [6.45, 7) is 7.64. The van der Waals surface area contributed by atoms with E-state index in [9.17, 15) is 4.79 Å².